The van der Waals surface area contributed by atoms with Crippen LogP contribution in [0.3, 0.4) is 0 Å². The number of hydrogen-bond acceptors (Lipinski definition) is 2. The van der Waals surface area contributed by atoms with Gasteiger partial charge in [0.1, 0.15) is 0 Å². The van der Waals surface area contributed by atoms with E-state index >= 15 is 0 Å². The van der Waals surface area contributed by atoms with E-state index in [1.165, 1.54) is 12.1 Å². The van der Waals surface area contributed by atoms with Crippen molar-refractivity contribution in [1.82, 2.24) is 5.32 Å². The molecule has 1 aromatic rings. The summed E-state index contributed by atoms with van der Waals surface area (Å²) in [5.41, 5.74) is 0.910. The van der Waals surface area contributed by atoms with Crippen molar-refractivity contribution < 1.29 is 14.7 Å². The van der Waals surface area contributed by atoms with Crippen molar-refractivity contribution in [2.45, 2.75) is 26.3 Å². The first kappa shape index (κ1) is 12.2. The minimum Gasteiger partial charge on any atom is -0.478 e. The number of carboxylic acid groups (broad SMARTS) is 1. The molecule has 0 aromatic heterocycles. The molecule has 0 heterocycles. The van der Waals surface area contributed by atoms with Crippen molar-refractivity contribution in [2.24, 2.45) is 0 Å². The number of hydrogen-bond donors (Lipinski definition) is 2. The molecule has 0 radical (unpaired) electrons. The molecule has 1 aromatic carbocycles. The van der Waals surface area contributed by atoms with E-state index in [2.05, 4.69) is 5.32 Å². The van der Waals surface area contributed by atoms with Crippen LogP contribution in [-0.2, 0) is 11.2 Å². The molecule has 0 aliphatic rings. The second kappa shape index (κ2) is 5.30. The van der Waals surface area contributed by atoms with Crippen LogP contribution in [0, 0.1) is 0 Å². The third kappa shape index (κ3) is 3.73. The number of carbonyl (C=O) groups excluding carboxylic acids is 1. The van der Waals surface area contributed by atoms with Crippen LogP contribution in [0.25, 0.3) is 0 Å². The van der Waals surface area contributed by atoms with Gasteiger partial charge in [-0.1, -0.05) is 12.1 Å². The molecule has 0 aliphatic heterocycles. The van der Waals surface area contributed by atoms with Crippen molar-refractivity contribution in [3.8, 4) is 0 Å². The van der Waals surface area contributed by atoms with Crippen molar-refractivity contribution in [1.29, 1.82) is 0 Å². The molecule has 0 atom stereocenters. The predicted octanol–water partition coefficient (Wildman–Crippen LogP) is 1.45. The van der Waals surface area contributed by atoms with E-state index in [1.54, 1.807) is 12.1 Å². The monoisotopic (exact) mass is 221 g/mol. The number of nitrogens with one attached hydrogen (secondary N) is 1. The topological polar surface area (TPSA) is 66.4 Å². The van der Waals surface area contributed by atoms with Crippen molar-refractivity contribution in [2.75, 3.05) is 0 Å². The van der Waals surface area contributed by atoms with Crippen LogP contribution in [0.1, 0.15) is 29.8 Å². The molecule has 1 amide bonds. The van der Waals surface area contributed by atoms with Crippen LogP contribution in [-0.4, -0.2) is 23.0 Å². The number of rotatable bonds is 4. The second-order valence-corrected chi connectivity index (χ2v) is 3.90. The summed E-state index contributed by atoms with van der Waals surface area (Å²) in [5.74, 6) is -1.08. The smallest absolute Gasteiger partial charge is 0.335 e. The molecular weight excluding hydrogens is 206 g/mol. The Morgan fingerprint density at radius 1 is 1.38 bits per heavy atom. The van der Waals surface area contributed by atoms with Crippen molar-refractivity contribution >= 4 is 11.9 Å². The minimum atomic E-state index is -0.980. The Morgan fingerprint density at radius 2 is 2.06 bits per heavy atom. The highest BCUT2D eigenvalue weighted by Gasteiger charge is 2.07. The van der Waals surface area contributed by atoms with Gasteiger partial charge in [0.25, 0.3) is 0 Å². The largest absolute Gasteiger partial charge is 0.478 e. The summed E-state index contributed by atoms with van der Waals surface area (Å²) in [5, 5.41) is 11.5. The van der Waals surface area contributed by atoms with Crippen molar-refractivity contribution in [3.63, 3.8) is 0 Å². The number of benzene rings is 1. The van der Waals surface area contributed by atoms with Gasteiger partial charge >= 0.3 is 5.97 Å². The van der Waals surface area contributed by atoms with Gasteiger partial charge < -0.3 is 10.4 Å². The molecule has 0 saturated heterocycles. The summed E-state index contributed by atoms with van der Waals surface area (Å²) in [4.78, 5) is 22.2. The van der Waals surface area contributed by atoms with Gasteiger partial charge in [-0.05, 0) is 31.5 Å². The fourth-order valence-electron chi connectivity index (χ4n) is 1.37. The molecule has 2 N–H and O–H groups in total. The van der Waals surface area contributed by atoms with E-state index in [0.717, 1.165) is 0 Å². The quantitative estimate of drug-likeness (QED) is 0.808. The van der Waals surface area contributed by atoms with E-state index in [0.29, 0.717) is 5.56 Å². The van der Waals surface area contributed by atoms with Gasteiger partial charge in [-0.2, -0.15) is 0 Å². The Hall–Kier alpha value is -1.84. The lowest BCUT2D eigenvalue weighted by molar-refractivity contribution is -0.120. The standard InChI is InChI=1S/C12H15NO3/c1-8(2)13-11(14)7-9-4-3-5-10(6-9)12(15)16/h3-6,8H,7H2,1-2H3,(H,13,14)(H,15,16). The van der Waals surface area contributed by atoms with E-state index < -0.39 is 5.97 Å². The molecule has 16 heavy (non-hydrogen) atoms. The van der Waals surface area contributed by atoms with E-state index in [4.69, 9.17) is 5.11 Å². The maximum absolute atomic E-state index is 11.4. The molecule has 4 heteroatoms. The van der Waals surface area contributed by atoms with Crippen LogP contribution < -0.4 is 5.32 Å². The van der Waals surface area contributed by atoms with Gasteiger partial charge in [0.05, 0.1) is 12.0 Å². The Kier molecular flexibility index (Phi) is 4.05. The molecule has 0 bridgehead atoms. The summed E-state index contributed by atoms with van der Waals surface area (Å²) in [6.07, 6.45) is 0.208. The van der Waals surface area contributed by atoms with Crippen molar-refractivity contribution in [3.05, 3.63) is 35.4 Å². The number of aromatic carboxylic acids is 1. The fraction of sp³-hybridized carbons (Fsp3) is 0.333. The summed E-state index contributed by atoms with van der Waals surface area (Å²) in [6, 6.07) is 6.50. The highest BCUT2D eigenvalue weighted by atomic mass is 16.4. The fourth-order valence-corrected chi connectivity index (χ4v) is 1.37. The molecule has 0 fully saturated rings. The predicted molar refractivity (Wildman–Crippen MR) is 60.4 cm³/mol. The minimum absolute atomic E-state index is 0.0927. The molecule has 0 saturated carbocycles. The first-order valence-electron chi connectivity index (χ1n) is 5.10. The average Bonchev–Trinajstić information content (AvgIpc) is 2.16. The van der Waals surface area contributed by atoms with E-state index in [-0.39, 0.29) is 23.9 Å². The normalized spacial score (nSPS) is 10.2. The van der Waals surface area contributed by atoms with Gasteiger partial charge in [0, 0.05) is 6.04 Å². The Morgan fingerprint density at radius 3 is 2.62 bits per heavy atom. The van der Waals surface area contributed by atoms with E-state index in [1.807, 2.05) is 13.8 Å². The lowest BCUT2D eigenvalue weighted by Crippen LogP contribution is -2.31. The average molecular weight is 221 g/mol. The van der Waals surface area contributed by atoms with Crippen LogP contribution in [0.15, 0.2) is 24.3 Å². The molecule has 4 nitrogen and oxygen atoms in total. The van der Waals surface area contributed by atoms with Gasteiger partial charge in [0.15, 0.2) is 0 Å². The van der Waals surface area contributed by atoms with Gasteiger partial charge in [-0.3, -0.25) is 4.79 Å². The van der Waals surface area contributed by atoms with Crippen LogP contribution in [0.5, 0.6) is 0 Å². The Bertz CT molecular complexity index is 399. The molecule has 0 spiro atoms. The zero-order valence-corrected chi connectivity index (χ0v) is 9.36. The highest BCUT2D eigenvalue weighted by Crippen LogP contribution is 2.06. The lowest BCUT2D eigenvalue weighted by atomic mass is 10.1. The maximum Gasteiger partial charge on any atom is 0.335 e. The Labute approximate surface area is 94.3 Å². The third-order valence-electron chi connectivity index (χ3n) is 1.99. The summed E-state index contributed by atoms with van der Waals surface area (Å²) >= 11 is 0. The zero-order valence-electron chi connectivity index (χ0n) is 9.36. The number of carboxylic acids is 1. The summed E-state index contributed by atoms with van der Waals surface area (Å²) < 4.78 is 0. The first-order chi connectivity index (χ1) is 7.49. The van der Waals surface area contributed by atoms with E-state index in [9.17, 15) is 9.59 Å². The maximum atomic E-state index is 11.4. The second-order valence-electron chi connectivity index (χ2n) is 3.90. The molecular formula is C12H15NO3. The molecule has 1 rings (SSSR count). The third-order valence-corrected chi connectivity index (χ3v) is 1.99. The first-order valence-corrected chi connectivity index (χ1v) is 5.10. The number of carbonyl (C=O) groups is 2. The Balaban J connectivity index is 2.70. The highest BCUT2D eigenvalue weighted by molar-refractivity contribution is 5.88. The van der Waals surface area contributed by atoms with Gasteiger partial charge in [-0.25, -0.2) is 4.79 Å². The van der Waals surface area contributed by atoms with Crippen LogP contribution >= 0.6 is 0 Å². The van der Waals surface area contributed by atoms with Crippen LogP contribution in [0.2, 0.25) is 0 Å². The summed E-state index contributed by atoms with van der Waals surface area (Å²) in [6.45, 7) is 3.76. The van der Waals surface area contributed by atoms with Crippen LogP contribution in [0.4, 0.5) is 0 Å². The SMILES string of the molecule is CC(C)NC(=O)Cc1cccc(C(=O)O)c1. The lowest BCUT2D eigenvalue weighted by Gasteiger charge is -2.08. The zero-order chi connectivity index (χ0) is 12.1. The molecule has 0 aliphatic carbocycles. The number of amides is 1. The van der Waals surface area contributed by atoms with Gasteiger partial charge in [0.2, 0.25) is 5.91 Å². The van der Waals surface area contributed by atoms with Gasteiger partial charge in [-0.15, -0.1) is 0 Å². The molecule has 86 valence electrons. The summed E-state index contributed by atoms with van der Waals surface area (Å²) in [7, 11) is 0. The molecule has 0 unspecified atom stereocenters.